The molecule has 2 N–H and O–H groups in total. The van der Waals surface area contributed by atoms with E-state index in [0.717, 1.165) is 56.6 Å². The number of nitrogens with one attached hydrogen (secondary N) is 1. The Labute approximate surface area is 234 Å². The van der Waals surface area contributed by atoms with Crippen molar-refractivity contribution in [1.82, 2.24) is 10.2 Å². The molecule has 1 aliphatic heterocycles. The van der Waals surface area contributed by atoms with Crippen LogP contribution >= 0.6 is 0 Å². The second kappa shape index (κ2) is 16.3. The second-order valence-electron chi connectivity index (χ2n) is 11.5. The maximum absolute atomic E-state index is 12.8. The molecule has 1 saturated heterocycles. The van der Waals surface area contributed by atoms with E-state index in [1.165, 1.54) is 38.5 Å². The number of carbonyl (C=O) groups is 2. The smallest absolute Gasteiger partial charge is 0.408 e. The first-order valence-corrected chi connectivity index (χ1v) is 14.7. The Kier molecular flexibility index (Phi) is 12.8. The van der Waals surface area contributed by atoms with Gasteiger partial charge < -0.3 is 24.5 Å². The van der Waals surface area contributed by atoms with E-state index in [9.17, 15) is 9.59 Å². The van der Waals surface area contributed by atoms with E-state index >= 15 is 0 Å². The topological polar surface area (TPSA) is 78.9 Å². The number of hydrogen-bond acceptors (Lipinski definition) is 4. The van der Waals surface area contributed by atoms with Crippen molar-refractivity contribution < 1.29 is 23.9 Å². The number of piperidine rings is 1. The lowest BCUT2D eigenvalue weighted by Gasteiger charge is -2.32. The quantitative estimate of drug-likeness (QED) is 0.207. The number of unbranched alkanes of at least 4 members (excludes halogenated alkanes) is 6. The van der Waals surface area contributed by atoms with Crippen molar-refractivity contribution in [2.45, 2.75) is 69.9 Å². The molecule has 2 aromatic rings. The highest BCUT2D eigenvalue weighted by Crippen LogP contribution is 2.23. The minimum atomic E-state index is -0.724. The van der Waals surface area contributed by atoms with E-state index < -0.39 is 5.97 Å². The second-order valence-corrected chi connectivity index (χ2v) is 11.5. The summed E-state index contributed by atoms with van der Waals surface area (Å²) in [6.07, 6.45) is 9.85. The molecule has 0 aromatic heterocycles. The highest BCUT2D eigenvalue weighted by atomic mass is 16.6. The molecule has 0 saturated carbocycles. The Hall–Kier alpha value is -2.90. The summed E-state index contributed by atoms with van der Waals surface area (Å²) < 4.78 is 6.39. The average Bonchev–Trinajstić information content (AvgIpc) is 2.92. The van der Waals surface area contributed by atoms with Gasteiger partial charge in [0.15, 0.2) is 6.54 Å². The number of aliphatic carboxylic acids is 1. The maximum atomic E-state index is 12.8. The molecule has 1 amide bonds. The SMILES string of the molecule is C[N+](C)(CCCCCCCCCN1CCC(OC(=O)NC(c2ccccc2)c2ccccc2)CC1)CC(=O)O. The van der Waals surface area contributed by atoms with E-state index in [2.05, 4.69) is 10.2 Å². The third-order valence-corrected chi connectivity index (χ3v) is 7.64. The zero-order chi connectivity index (χ0) is 27.9. The summed E-state index contributed by atoms with van der Waals surface area (Å²) in [5.74, 6) is -0.724. The predicted molar refractivity (Wildman–Crippen MR) is 156 cm³/mol. The maximum Gasteiger partial charge on any atom is 0.408 e. The molecule has 0 bridgehead atoms. The van der Waals surface area contributed by atoms with Gasteiger partial charge >= 0.3 is 12.1 Å². The third kappa shape index (κ3) is 11.8. The molecule has 214 valence electrons. The summed E-state index contributed by atoms with van der Waals surface area (Å²) >= 11 is 0. The number of amides is 1. The highest BCUT2D eigenvalue weighted by Gasteiger charge is 2.24. The summed E-state index contributed by atoms with van der Waals surface area (Å²) in [5, 5.41) is 12.1. The summed E-state index contributed by atoms with van der Waals surface area (Å²) in [4.78, 5) is 26.2. The van der Waals surface area contributed by atoms with Crippen LogP contribution < -0.4 is 5.32 Å². The van der Waals surface area contributed by atoms with Crippen LogP contribution in [0, 0.1) is 0 Å². The number of nitrogens with zero attached hydrogens (tertiary/aromatic N) is 2. The van der Waals surface area contributed by atoms with Gasteiger partial charge in [0.25, 0.3) is 0 Å². The molecule has 1 heterocycles. The molecule has 7 nitrogen and oxygen atoms in total. The predicted octanol–water partition coefficient (Wildman–Crippen LogP) is 5.86. The van der Waals surface area contributed by atoms with Gasteiger partial charge in [-0.25, -0.2) is 9.59 Å². The average molecular weight is 539 g/mol. The van der Waals surface area contributed by atoms with Gasteiger partial charge in [0, 0.05) is 13.1 Å². The zero-order valence-electron chi connectivity index (χ0n) is 23.9. The third-order valence-electron chi connectivity index (χ3n) is 7.64. The van der Waals surface area contributed by atoms with Crippen LogP contribution in [0.1, 0.15) is 75.0 Å². The number of hydrogen-bond donors (Lipinski definition) is 2. The van der Waals surface area contributed by atoms with Gasteiger partial charge in [-0.2, -0.15) is 0 Å². The van der Waals surface area contributed by atoms with Crippen LogP contribution in [0.4, 0.5) is 4.79 Å². The molecule has 3 rings (SSSR count). The number of quaternary nitrogens is 1. The van der Waals surface area contributed by atoms with Gasteiger partial charge in [-0.15, -0.1) is 0 Å². The Morgan fingerprint density at radius 3 is 1.92 bits per heavy atom. The number of likely N-dealkylation sites (N-methyl/N-ethyl adjacent to an activating group) is 1. The lowest BCUT2D eigenvalue weighted by atomic mass is 9.99. The minimum Gasteiger partial charge on any atom is -0.477 e. The molecule has 2 aromatic carbocycles. The van der Waals surface area contributed by atoms with Gasteiger partial charge in [0.2, 0.25) is 0 Å². The number of benzene rings is 2. The van der Waals surface area contributed by atoms with Crippen molar-refractivity contribution in [2.24, 2.45) is 0 Å². The summed E-state index contributed by atoms with van der Waals surface area (Å²) in [5.41, 5.74) is 2.07. The van der Waals surface area contributed by atoms with E-state index in [4.69, 9.17) is 9.84 Å². The Morgan fingerprint density at radius 1 is 0.872 bits per heavy atom. The van der Waals surface area contributed by atoms with Gasteiger partial charge in [-0.05, 0) is 49.8 Å². The molecule has 0 radical (unpaired) electrons. The molecule has 0 atom stereocenters. The number of ether oxygens (including phenoxy) is 1. The first-order chi connectivity index (χ1) is 18.8. The van der Waals surface area contributed by atoms with E-state index in [0.29, 0.717) is 4.48 Å². The fourth-order valence-electron chi connectivity index (χ4n) is 5.41. The molecule has 0 spiro atoms. The van der Waals surface area contributed by atoms with Crippen LogP contribution in [0.15, 0.2) is 60.7 Å². The fraction of sp³-hybridized carbons (Fsp3) is 0.562. The van der Waals surface area contributed by atoms with E-state index in [1.807, 2.05) is 74.8 Å². The molecular weight excluding hydrogens is 490 g/mol. The van der Waals surface area contributed by atoms with E-state index in [-0.39, 0.29) is 24.8 Å². The fourth-order valence-corrected chi connectivity index (χ4v) is 5.41. The van der Waals surface area contributed by atoms with Crippen LogP contribution in [-0.4, -0.2) is 79.5 Å². The van der Waals surface area contributed by atoms with Crippen LogP contribution in [-0.2, 0) is 9.53 Å². The first-order valence-electron chi connectivity index (χ1n) is 14.7. The van der Waals surface area contributed by atoms with Crippen LogP contribution in [0.3, 0.4) is 0 Å². The largest absolute Gasteiger partial charge is 0.477 e. The minimum absolute atomic E-state index is 0.0347. The van der Waals surface area contributed by atoms with Crippen molar-refractivity contribution in [3.63, 3.8) is 0 Å². The number of rotatable bonds is 16. The van der Waals surface area contributed by atoms with Gasteiger partial charge in [0.1, 0.15) is 6.10 Å². The lowest BCUT2D eigenvalue weighted by Crippen LogP contribution is -2.44. The Bertz CT molecular complexity index is 936. The number of carboxylic acids is 1. The lowest BCUT2D eigenvalue weighted by molar-refractivity contribution is -0.883. The molecule has 39 heavy (non-hydrogen) atoms. The molecule has 0 unspecified atom stereocenters. The van der Waals surface area contributed by atoms with Crippen molar-refractivity contribution in [1.29, 1.82) is 0 Å². The Balaban J connectivity index is 1.26. The number of alkyl carbamates (subject to hydrolysis) is 1. The van der Waals surface area contributed by atoms with Gasteiger partial charge in [-0.3, -0.25) is 0 Å². The molecule has 1 fully saturated rings. The number of carboxylic acid groups (broad SMARTS) is 1. The van der Waals surface area contributed by atoms with Crippen LogP contribution in [0.2, 0.25) is 0 Å². The molecule has 0 aliphatic carbocycles. The van der Waals surface area contributed by atoms with Crippen molar-refractivity contribution in [3.05, 3.63) is 71.8 Å². The zero-order valence-corrected chi connectivity index (χ0v) is 23.9. The van der Waals surface area contributed by atoms with E-state index in [1.54, 1.807) is 0 Å². The van der Waals surface area contributed by atoms with Crippen molar-refractivity contribution in [3.8, 4) is 0 Å². The Morgan fingerprint density at radius 2 is 1.38 bits per heavy atom. The molecule has 1 aliphatic rings. The van der Waals surface area contributed by atoms with Gasteiger partial charge in [-0.1, -0.05) is 86.3 Å². The van der Waals surface area contributed by atoms with Gasteiger partial charge in [0.05, 0.1) is 26.7 Å². The number of carbonyl (C=O) groups excluding carboxylic acids is 1. The molecular formula is C32H48N3O4+. The summed E-state index contributed by atoms with van der Waals surface area (Å²) in [7, 11) is 3.98. The highest BCUT2D eigenvalue weighted by molar-refractivity contribution is 5.69. The van der Waals surface area contributed by atoms with Crippen molar-refractivity contribution >= 4 is 12.1 Å². The van der Waals surface area contributed by atoms with Crippen LogP contribution in [0.25, 0.3) is 0 Å². The number of likely N-dealkylation sites (tertiary alicyclic amines) is 1. The summed E-state index contributed by atoms with van der Waals surface area (Å²) in [6, 6.07) is 19.8. The van der Waals surface area contributed by atoms with Crippen molar-refractivity contribution in [2.75, 3.05) is 46.8 Å². The normalized spacial score (nSPS) is 14.8. The monoisotopic (exact) mass is 538 g/mol. The standard InChI is InChI=1S/C32H47N3O4/c1-35(2,26-30(36)37)25-15-7-5-3-4-6-14-22-34-23-20-29(21-24-34)39-32(38)33-31(27-16-10-8-11-17-27)28-18-12-9-13-19-28/h8-13,16-19,29,31H,3-7,14-15,20-26H2,1-2H3,(H-,33,36,37,38)/p+1. The van der Waals surface area contributed by atoms with Crippen LogP contribution in [0.5, 0.6) is 0 Å². The molecule has 7 heteroatoms. The summed E-state index contributed by atoms with van der Waals surface area (Å²) in [6.45, 7) is 4.18. The first kappa shape index (κ1) is 30.6.